The monoisotopic (exact) mass is 247 g/mol. The Balaban J connectivity index is 2.28. The van der Waals surface area contributed by atoms with Crippen molar-refractivity contribution in [2.75, 3.05) is 20.8 Å². The van der Waals surface area contributed by atoms with E-state index in [9.17, 15) is 4.79 Å². The van der Waals surface area contributed by atoms with Gasteiger partial charge in [-0.3, -0.25) is 4.79 Å². The molecule has 0 unspecified atom stereocenters. The van der Waals surface area contributed by atoms with E-state index in [0.717, 1.165) is 30.5 Å². The normalized spacial score (nSPS) is 17.4. The van der Waals surface area contributed by atoms with Crippen molar-refractivity contribution in [1.82, 2.24) is 5.32 Å². The number of ether oxygens (including phenoxy) is 2. The molecular weight excluding hydrogens is 230 g/mol. The lowest BCUT2D eigenvalue weighted by molar-refractivity contribution is -0.118. The predicted octanol–water partition coefficient (Wildman–Crippen LogP) is 2.00. The number of carbonyl (C=O) groups excluding carboxylic acids is 1. The molecule has 0 bridgehead atoms. The molecular formula is C14H17NO3. The van der Waals surface area contributed by atoms with Crippen molar-refractivity contribution < 1.29 is 14.3 Å². The smallest absolute Gasteiger partial charge is 0.247 e. The first kappa shape index (κ1) is 12.5. The SMILES string of the molecule is COc1ccc(C=C2CCCNC2=O)cc1OC. The molecule has 1 aromatic carbocycles. The maximum Gasteiger partial charge on any atom is 0.247 e. The van der Waals surface area contributed by atoms with Crippen molar-refractivity contribution in [3.8, 4) is 11.5 Å². The van der Waals surface area contributed by atoms with E-state index < -0.39 is 0 Å². The van der Waals surface area contributed by atoms with Crippen molar-refractivity contribution in [2.24, 2.45) is 0 Å². The number of nitrogens with one attached hydrogen (secondary N) is 1. The molecule has 18 heavy (non-hydrogen) atoms. The standard InChI is InChI=1S/C14H17NO3/c1-17-12-6-5-10(9-13(12)18-2)8-11-4-3-7-15-14(11)16/h5-6,8-9H,3-4,7H2,1-2H3,(H,15,16). The van der Waals surface area contributed by atoms with E-state index in [1.165, 1.54) is 0 Å². The molecule has 1 aliphatic rings. The minimum absolute atomic E-state index is 0.0241. The van der Waals surface area contributed by atoms with Gasteiger partial charge in [-0.05, 0) is 36.6 Å². The Labute approximate surface area is 107 Å². The molecule has 0 aromatic heterocycles. The maximum absolute atomic E-state index is 11.6. The number of rotatable bonds is 3. The molecule has 4 nitrogen and oxygen atoms in total. The second-order valence-electron chi connectivity index (χ2n) is 4.14. The Morgan fingerprint density at radius 1 is 1.22 bits per heavy atom. The van der Waals surface area contributed by atoms with Crippen LogP contribution in [0, 0.1) is 0 Å². The van der Waals surface area contributed by atoms with Crippen LogP contribution in [-0.2, 0) is 4.79 Å². The third-order valence-corrected chi connectivity index (χ3v) is 2.95. The van der Waals surface area contributed by atoms with Gasteiger partial charge >= 0.3 is 0 Å². The van der Waals surface area contributed by atoms with E-state index in [-0.39, 0.29) is 5.91 Å². The van der Waals surface area contributed by atoms with E-state index in [1.54, 1.807) is 14.2 Å². The van der Waals surface area contributed by atoms with Gasteiger partial charge in [-0.25, -0.2) is 0 Å². The molecule has 0 atom stereocenters. The van der Waals surface area contributed by atoms with Crippen molar-refractivity contribution in [3.05, 3.63) is 29.3 Å². The Morgan fingerprint density at radius 2 is 2.00 bits per heavy atom. The van der Waals surface area contributed by atoms with Gasteiger partial charge in [0.1, 0.15) is 0 Å². The summed E-state index contributed by atoms with van der Waals surface area (Å²) < 4.78 is 10.4. The Kier molecular flexibility index (Phi) is 3.87. The molecule has 1 heterocycles. The molecule has 1 aliphatic heterocycles. The van der Waals surface area contributed by atoms with Crippen molar-refractivity contribution in [1.29, 1.82) is 0 Å². The van der Waals surface area contributed by atoms with Crippen LogP contribution in [0.3, 0.4) is 0 Å². The molecule has 1 aromatic rings. The van der Waals surface area contributed by atoms with Crippen molar-refractivity contribution >= 4 is 12.0 Å². The largest absolute Gasteiger partial charge is 0.493 e. The van der Waals surface area contributed by atoms with E-state index in [0.29, 0.717) is 11.5 Å². The number of methoxy groups -OCH3 is 2. The van der Waals surface area contributed by atoms with Crippen LogP contribution in [0.4, 0.5) is 0 Å². The van der Waals surface area contributed by atoms with Crippen LogP contribution in [0.25, 0.3) is 6.08 Å². The second kappa shape index (κ2) is 5.58. The second-order valence-corrected chi connectivity index (χ2v) is 4.14. The maximum atomic E-state index is 11.6. The van der Waals surface area contributed by atoms with Gasteiger partial charge < -0.3 is 14.8 Å². The van der Waals surface area contributed by atoms with Crippen molar-refractivity contribution in [2.45, 2.75) is 12.8 Å². The number of piperidine rings is 1. The summed E-state index contributed by atoms with van der Waals surface area (Å²) in [6.07, 6.45) is 3.71. The Morgan fingerprint density at radius 3 is 2.67 bits per heavy atom. The summed E-state index contributed by atoms with van der Waals surface area (Å²) in [7, 11) is 3.20. The van der Waals surface area contributed by atoms with Gasteiger partial charge in [0.15, 0.2) is 11.5 Å². The molecule has 0 radical (unpaired) electrons. The first-order valence-electron chi connectivity index (χ1n) is 5.95. The Hall–Kier alpha value is -1.97. The van der Waals surface area contributed by atoms with Gasteiger partial charge in [0.05, 0.1) is 14.2 Å². The molecule has 1 amide bonds. The summed E-state index contributed by atoms with van der Waals surface area (Å²) in [5.41, 5.74) is 1.76. The van der Waals surface area contributed by atoms with Crippen LogP contribution in [0.2, 0.25) is 0 Å². The summed E-state index contributed by atoms with van der Waals surface area (Å²) >= 11 is 0. The lowest BCUT2D eigenvalue weighted by Crippen LogP contribution is -2.30. The third-order valence-electron chi connectivity index (χ3n) is 2.95. The van der Waals surface area contributed by atoms with Crippen LogP contribution in [0.5, 0.6) is 11.5 Å². The molecule has 1 saturated heterocycles. The fourth-order valence-corrected chi connectivity index (χ4v) is 1.99. The van der Waals surface area contributed by atoms with Crippen LogP contribution < -0.4 is 14.8 Å². The molecule has 1 N–H and O–H groups in total. The molecule has 96 valence electrons. The summed E-state index contributed by atoms with van der Waals surface area (Å²) in [6, 6.07) is 5.62. The Bertz CT molecular complexity index is 480. The van der Waals surface area contributed by atoms with Crippen LogP contribution in [0.1, 0.15) is 18.4 Å². The van der Waals surface area contributed by atoms with Crippen LogP contribution in [-0.4, -0.2) is 26.7 Å². The number of amides is 1. The highest BCUT2D eigenvalue weighted by molar-refractivity contribution is 5.98. The molecule has 4 heteroatoms. The van der Waals surface area contributed by atoms with Gasteiger partial charge in [-0.1, -0.05) is 6.07 Å². The molecule has 0 saturated carbocycles. The quantitative estimate of drug-likeness (QED) is 0.831. The zero-order chi connectivity index (χ0) is 13.0. The fourth-order valence-electron chi connectivity index (χ4n) is 1.99. The third kappa shape index (κ3) is 2.64. The minimum atomic E-state index is 0.0241. The lowest BCUT2D eigenvalue weighted by Gasteiger charge is -2.15. The summed E-state index contributed by atoms with van der Waals surface area (Å²) in [5.74, 6) is 1.38. The highest BCUT2D eigenvalue weighted by atomic mass is 16.5. The summed E-state index contributed by atoms with van der Waals surface area (Å²) in [5, 5.41) is 2.84. The van der Waals surface area contributed by atoms with E-state index in [2.05, 4.69) is 5.32 Å². The molecule has 0 spiro atoms. The van der Waals surface area contributed by atoms with E-state index >= 15 is 0 Å². The zero-order valence-corrected chi connectivity index (χ0v) is 10.7. The van der Waals surface area contributed by atoms with Gasteiger partial charge in [0.25, 0.3) is 0 Å². The van der Waals surface area contributed by atoms with Crippen molar-refractivity contribution in [3.63, 3.8) is 0 Å². The van der Waals surface area contributed by atoms with E-state index in [1.807, 2.05) is 24.3 Å². The highest BCUT2D eigenvalue weighted by Gasteiger charge is 2.14. The number of hydrogen-bond donors (Lipinski definition) is 1. The van der Waals surface area contributed by atoms with Crippen LogP contribution >= 0.6 is 0 Å². The van der Waals surface area contributed by atoms with Gasteiger partial charge in [0, 0.05) is 12.1 Å². The number of carbonyl (C=O) groups is 1. The molecule has 2 rings (SSSR count). The first-order chi connectivity index (χ1) is 8.74. The van der Waals surface area contributed by atoms with Gasteiger partial charge in [-0.15, -0.1) is 0 Å². The highest BCUT2D eigenvalue weighted by Crippen LogP contribution is 2.28. The first-order valence-corrected chi connectivity index (χ1v) is 5.95. The molecule has 0 aliphatic carbocycles. The molecule has 1 fully saturated rings. The minimum Gasteiger partial charge on any atom is -0.493 e. The summed E-state index contributed by atoms with van der Waals surface area (Å²) in [4.78, 5) is 11.6. The average molecular weight is 247 g/mol. The number of hydrogen-bond acceptors (Lipinski definition) is 3. The van der Waals surface area contributed by atoms with Gasteiger partial charge in [-0.2, -0.15) is 0 Å². The average Bonchev–Trinajstić information content (AvgIpc) is 2.41. The predicted molar refractivity (Wildman–Crippen MR) is 69.8 cm³/mol. The zero-order valence-electron chi connectivity index (χ0n) is 10.7. The lowest BCUT2D eigenvalue weighted by atomic mass is 10.0. The van der Waals surface area contributed by atoms with Gasteiger partial charge in [0.2, 0.25) is 5.91 Å². The van der Waals surface area contributed by atoms with Crippen LogP contribution in [0.15, 0.2) is 23.8 Å². The number of benzene rings is 1. The summed E-state index contributed by atoms with van der Waals surface area (Å²) in [6.45, 7) is 0.766. The topological polar surface area (TPSA) is 47.6 Å². The van der Waals surface area contributed by atoms with E-state index in [4.69, 9.17) is 9.47 Å². The fraction of sp³-hybridized carbons (Fsp3) is 0.357.